The average molecular weight is 787 g/mol. The zero-order chi connectivity index (χ0) is 41.2. The third-order valence-corrected chi connectivity index (χ3v) is 13.2. The first-order chi connectivity index (χ1) is 30.1. The smallest absolute Gasteiger partial charge is 0.160 e. The second kappa shape index (κ2) is 16.6. The van der Waals surface area contributed by atoms with Gasteiger partial charge in [-0.1, -0.05) is 194 Å². The standard InChI is InChI=1S/C59H50N2/c1-3-16-50(4-2)59(51-21-12-7-13-22-51)54-24-15-14-23-52(54)53-38-37-49(39-55(53)59)45-27-25-43(26-28-45)44-31-35-47(36-32-44)57-40-56(60-58(61-57)48-19-10-6-11-20-48)46-33-29-42(30-34-46)41-17-8-5-9-18-41/h3-21,23-25,27,29-35,37-40,47,51H,22,26,28,36H2,1-2H3/b16-3-,50-4+. The number of hydrogen-bond acceptors (Lipinski definition) is 2. The molecule has 2 nitrogen and oxygen atoms in total. The predicted octanol–water partition coefficient (Wildman–Crippen LogP) is 15.2. The van der Waals surface area contributed by atoms with Crippen LogP contribution in [0.1, 0.15) is 67.8 Å². The number of fused-ring (bicyclic) bond motifs is 3. The van der Waals surface area contributed by atoms with Crippen molar-refractivity contribution in [3.63, 3.8) is 0 Å². The molecule has 0 fully saturated rings. The van der Waals surface area contributed by atoms with E-state index in [0.29, 0.717) is 5.92 Å². The second-order valence-corrected chi connectivity index (χ2v) is 16.6. The molecule has 0 spiro atoms. The maximum absolute atomic E-state index is 5.17. The van der Waals surface area contributed by atoms with Gasteiger partial charge in [-0.05, 0) is 119 Å². The van der Waals surface area contributed by atoms with Crippen LogP contribution >= 0.6 is 0 Å². The van der Waals surface area contributed by atoms with E-state index in [4.69, 9.17) is 9.97 Å². The summed E-state index contributed by atoms with van der Waals surface area (Å²) in [6.45, 7) is 4.34. The van der Waals surface area contributed by atoms with Crippen LogP contribution in [0.3, 0.4) is 0 Å². The van der Waals surface area contributed by atoms with Crippen LogP contribution in [0, 0.1) is 5.92 Å². The fraction of sp³-hybridized carbons (Fsp3) is 0.153. The summed E-state index contributed by atoms with van der Waals surface area (Å²) in [6.07, 6.45) is 31.9. The summed E-state index contributed by atoms with van der Waals surface area (Å²) >= 11 is 0. The third kappa shape index (κ3) is 7.06. The van der Waals surface area contributed by atoms with Crippen LogP contribution < -0.4 is 0 Å². The number of aromatic nitrogens is 2. The Bertz CT molecular complexity index is 2860. The summed E-state index contributed by atoms with van der Waals surface area (Å²) in [5.74, 6) is 1.25. The molecule has 0 radical (unpaired) electrons. The first kappa shape index (κ1) is 38.3. The van der Waals surface area contributed by atoms with Crippen molar-refractivity contribution in [1.82, 2.24) is 9.97 Å². The van der Waals surface area contributed by atoms with E-state index in [1.54, 1.807) is 0 Å². The highest BCUT2D eigenvalue weighted by Gasteiger charge is 2.49. The van der Waals surface area contributed by atoms with Crippen LogP contribution in [0.25, 0.3) is 50.5 Å². The molecule has 1 heterocycles. The maximum atomic E-state index is 5.17. The molecule has 0 saturated carbocycles. The molecule has 1 aromatic heterocycles. The third-order valence-electron chi connectivity index (χ3n) is 13.2. The molecule has 10 rings (SSSR count). The summed E-state index contributed by atoms with van der Waals surface area (Å²) in [5, 5.41) is 0. The molecular weight excluding hydrogens is 737 g/mol. The SMILES string of the molecule is C/C=C\C(=C/C)C1(C2C=CC=CC2)c2ccccc2-c2ccc(C3=CC=C(C4=CCC(c5cc(-c6ccc(-c7ccccc7)cc6)nc(-c6ccccc6)n5)C=C4)CC3)cc21. The Labute approximate surface area is 361 Å². The van der Waals surface area contributed by atoms with Crippen LogP contribution in [0.15, 0.2) is 223 Å². The maximum Gasteiger partial charge on any atom is 0.160 e. The average Bonchev–Trinajstić information content (AvgIpc) is 3.64. The number of nitrogens with zero attached hydrogens (tertiary/aromatic N) is 2. The molecule has 296 valence electrons. The molecule has 61 heavy (non-hydrogen) atoms. The highest BCUT2D eigenvalue weighted by molar-refractivity contribution is 5.87. The molecule has 3 unspecified atom stereocenters. The van der Waals surface area contributed by atoms with Gasteiger partial charge in [0.2, 0.25) is 0 Å². The van der Waals surface area contributed by atoms with Gasteiger partial charge in [-0.2, -0.15) is 0 Å². The van der Waals surface area contributed by atoms with Gasteiger partial charge in [0.05, 0.1) is 16.8 Å². The zero-order valence-electron chi connectivity index (χ0n) is 35.0. The van der Waals surface area contributed by atoms with E-state index >= 15 is 0 Å². The number of hydrogen-bond donors (Lipinski definition) is 0. The fourth-order valence-electron chi connectivity index (χ4n) is 10.2. The minimum atomic E-state index is -0.256. The largest absolute Gasteiger partial charge is 0.232 e. The zero-order valence-corrected chi connectivity index (χ0v) is 35.0. The molecule has 0 bridgehead atoms. The number of allylic oxidation sites excluding steroid dienone is 16. The highest BCUT2D eigenvalue weighted by Crippen LogP contribution is 2.59. The van der Waals surface area contributed by atoms with Gasteiger partial charge in [-0.15, -0.1) is 0 Å². The molecule has 4 aliphatic rings. The molecule has 0 N–H and O–H groups in total. The Morgan fingerprint density at radius 2 is 1.30 bits per heavy atom. The van der Waals surface area contributed by atoms with Crippen molar-refractivity contribution in [2.24, 2.45) is 5.92 Å². The Morgan fingerprint density at radius 1 is 0.607 bits per heavy atom. The number of benzene rings is 5. The molecule has 5 aromatic carbocycles. The first-order valence-electron chi connectivity index (χ1n) is 21.9. The molecule has 0 aliphatic heterocycles. The van der Waals surface area contributed by atoms with Crippen molar-refractivity contribution in [3.05, 3.63) is 245 Å². The summed E-state index contributed by atoms with van der Waals surface area (Å²) in [7, 11) is 0. The lowest BCUT2D eigenvalue weighted by atomic mass is 9.61. The molecule has 0 amide bonds. The molecule has 0 saturated heterocycles. The van der Waals surface area contributed by atoms with E-state index in [2.05, 4.69) is 214 Å². The lowest BCUT2D eigenvalue weighted by Gasteiger charge is -2.40. The van der Waals surface area contributed by atoms with E-state index in [9.17, 15) is 0 Å². The van der Waals surface area contributed by atoms with Gasteiger partial charge in [-0.3, -0.25) is 0 Å². The first-order valence-corrected chi connectivity index (χ1v) is 21.9. The number of rotatable bonds is 9. The van der Waals surface area contributed by atoms with Gasteiger partial charge in [0.1, 0.15) is 0 Å². The lowest BCUT2D eigenvalue weighted by molar-refractivity contribution is 0.456. The molecule has 2 heteroatoms. The quantitative estimate of drug-likeness (QED) is 0.136. The normalized spacial score (nSPS) is 20.6. The summed E-state index contributed by atoms with van der Waals surface area (Å²) in [5.41, 5.74) is 18.6. The van der Waals surface area contributed by atoms with Crippen LogP contribution in [0.5, 0.6) is 0 Å². The molecule has 6 aromatic rings. The topological polar surface area (TPSA) is 25.8 Å². The lowest BCUT2D eigenvalue weighted by Crippen LogP contribution is -2.36. The van der Waals surface area contributed by atoms with E-state index in [1.807, 2.05) is 6.07 Å². The van der Waals surface area contributed by atoms with E-state index in [1.165, 1.54) is 61.2 Å². The van der Waals surface area contributed by atoms with Gasteiger partial charge in [0, 0.05) is 17.0 Å². The highest BCUT2D eigenvalue weighted by atomic mass is 14.9. The van der Waals surface area contributed by atoms with E-state index in [0.717, 1.165) is 54.0 Å². The Hall–Kier alpha value is -6.90. The molecule has 3 atom stereocenters. The fourth-order valence-corrected chi connectivity index (χ4v) is 10.2. The van der Waals surface area contributed by atoms with Crippen molar-refractivity contribution >= 4 is 5.57 Å². The van der Waals surface area contributed by atoms with Gasteiger partial charge in [0.15, 0.2) is 5.82 Å². The Morgan fingerprint density at radius 3 is 2.00 bits per heavy atom. The Balaban J connectivity index is 0.934. The van der Waals surface area contributed by atoms with Gasteiger partial charge >= 0.3 is 0 Å². The van der Waals surface area contributed by atoms with Gasteiger partial charge in [0.25, 0.3) is 0 Å². The van der Waals surface area contributed by atoms with Crippen molar-refractivity contribution in [2.45, 2.75) is 50.9 Å². The summed E-state index contributed by atoms with van der Waals surface area (Å²) < 4.78 is 0. The van der Waals surface area contributed by atoms with Crippen LogP contribution in [-0.4, -0.2) is 9.97 Å². The molecular formula is C59H50N2. The van der Waals surface area contributed by atoms with E-state index < -0.39 is 0 Å². The van der Waals surface area contributed by atoms with Crippen molar-refractivity contribution < 1.29 is 0 Å². The van der Waals surface area contributed by atoms with Crippen LogP contribution in [0.2, 0.25) is 0 Å². The van der Waals surface area contributed by atoms with E-state index in [-0.39, 0.29) is 11.3 Å². The minimum absolute atomic E-state index is 0.168. The van der Waals surface area contributed by atoms with Crippen molar-refractivity contribution in [2.75, 3.05) is 0 Å². The Kier molecular flexibility index (Phi) is 10.4. The van der Waals surface area contributed by atoms with Crippen molar-refractivity contribution in [3.8, 4) is 44.9 Å². The summed E-state index contributed by atoms with van der Waals surface area (Å²) in [4.78, 5) is 10.3. The minimum Gasteiger partial charge on any atom is -0.232 e. The molecule has 4 aliphatic carbocycles. The summed E-state index contributed by atoms with van der Waals surface area (Å²) in [6, 6.07) is 48.2. The van der Waals surface area contributed by atoms with Crippen LogP contribution in [0.4, 0.5) is 0 Å². The van der Waals surface area contributed by atoms with Crippen LogP contribution in [-0.2, 0) is 5.41 Å². The van der Waals surface area contributed by atoms with Gasteiger partial charge in [-0.25, -0.2) is 9.97 Å². The second-order valence-electron chi connectivity index (χ2n) is 16.6. The van der Waals surface area contributed by atoms with Gasteiger partial charge < -0.3 is 0 Å². The predicted molar refractivity (Wildman–Crippen MR) is 256 cm³/mol. The monoisotopic (exact) mass is 786 g/mol. The van der Waals surface area contributed by atoms with Crippen molar-refractivity contribution in [1.29, 1.82) is 0 Å².